The molecule has 4 heteroatoms. The van der Waals surface area contributed by atoms with E-state index in [0.29, 0.717) is 0 Å². The fourth-order valence-corrected chi connectivity index (χ4v) is 4.12. The first kappa shape index (κ1) is 14.7. The Labute approximate surface area is 129 Å². The quantitative estimate of drug-likeness (QED) is 0.871. The van der Waals surface area contributed by atoms with Gasteiger partial charge in [-0.05, 0) is 62.8 Å². The van der Waals surface area contributed by atoms with Crippen molar-refractivity contribution in [3.05, 3.63) is 52.7 Å². The third kappa shape index (κ3) is 3.01. The van der Waals surface area contributed by atoms with Gasteiger partial charge >= 0.3 is 0 Å². The summed E-state index contributed by atoms with van der Waals surface area (Å²) < 4.78 is 19.2. The van der Waals surface area contributed by atoms with Crippen molar-refractivity contribution in [3.8, 4) is 0 Å². The van der Waals surface area contributed by atoms with Crippen LogP contribution in [0, 0.1) is 19.7 Å². The highest BCUT2D eigenvalue weighted by atomic mass is 32.2. The third-order valence-corrected chi connectivity index (χ3v) is 5.13. The van der Waals surface area contributed by atoms with E-state index in [2.05, 4.69) is 18.3 Å². The second-order valence-electron chi connectivity index (χ2n) is 5.63. The predicted molar refractivity (Wildman–Crippen MR) is 84.2 cm³/mol. The molecule has 1 aliphatic rings. The third-order valence-electron chi connectivity index (χ3n) is 4.01. The maximum absolute atomic E-state index is 13.5. The molecule has 21 heavy (non-hydrogen) atoms. The van der Waals surface area contributed by atoms with E-state index >= 15 is 0 Å². The molecule has 1 aromatic heterocycles. The lowest BCUT2D eigenvalue weighted by molar-refractivity contribution is 0.437. The van der Waals surface area contributed by atoms with Crippen molar-refractivity contribution in [2.24, 2.45) is 0 Å². The molecular formula is C17H20FNOS. The number of halogens is 1. The standard InChI is InChI=1S/C17H20FNOS/c1-10-8-14(12(3)20-10)11(2)19-16-6-7-21-17-5-4-13(18)9-15(16)17/h4-5,8-9,11,16,19H,6-7H2,1-3H3. The van der Waals surface area contributed by atoms with Crippen molar-refractivity contribution in [3.63, 3.8) is 0 Å². The Morgan fingerprint density at radius 2 is 2.14 bits per heavy atom. The molecule has 0 saturated carbocycles. The minimum absolute atomic E-state index is 0.161. The van der Waals surface area contributed by atoms with E-state index in [4.69, 9.17) is 4.42 Å². The van der Waals surface area contributed by atoms with Crippen LogP contribution in [0.1, 0.15) is 48.1 Å². The van der Waals surface area contributed by atoms with Gasteiger partial charge in [-0.25, -0.2) is 4.39 Å². The molecule has 0 spiro atoms. The van der Waals surface area contributed by atoms with Crippen LogP contribution in [0.5, 0.6) is 0 Å². The number of benzene rings is 1. The van der Waals surface area contributed by atoms with E-state index < -0.39 is 0 Å². The maximum atomic E-state index is 13.5. The van der Waals surface area contributed by atoms with Crippen molar-refractivity contribution in [1.29, 1.82) is 0 Å². The number of hydrogen-bond donors (Lipinski definition) is 1. The van der Waals surface area contributed by atoms with Gasteiger partial charge in [0.1, 0.15) is 17.3 Å². The molecule has 0 saturated heterocycles. The van der Waals surface area contributed by atoms with Crippen LogP contribution in [0.25, 0.3) is 0 Å². The lowest BCUT2D eigenvalue weighted by Gasteiger charge is -2.29. The summed E-state index contributed by atoms with van der Waals surface area (Å²) in [7, 11) is 0. The molecule has 0 fully saturated rings. The molecule has 1 N–H and O–H groups in total. The second-order valence-corrected chi connectivity index (χ2v) is 6.77. The monoisotopic (exact) mass is 305 g/mol. The van der Waals surface area contributed by atoms with Gasteiger partial charge in [-0.15, -0.1) is 11.8 Å². The van der Waals surface area contributed by atoms with Gasteiger partial charge in [0, 0.05) is 22.5 Å². The van der Waals surface area contributed by atoms with Gasteiger partial charge in [0.2, 0.25) is 0 Å². The first-order chi connectivity index (χ1) is 10.0. The molecule has 2 unspecified atom stereocenters. The van der Waals surface area contributed by atoms with Gasteiger partial charge in [-0.3, -0.25) is 0 Å². The van der Waals surface area contributed by atoms with E-state index in [1.54, 1.807) is 23.9 Å². The molecule has 2 aromatic rings. The average Bonchev–Trinajstić information content (AvgIpc) is 2.78. The zero-order chi connectivity index (χ0) is 15.0. The smallest absolute Gasteiger partial charge is 0.123 e. The fraction of sp³-hybridized carbons (Fsp3) is 0.412. The van der Waals surface area contributed by atoms with Gasteiger partial charge in [0.25, 0.3) is 0 Å². The summed E-state index contributed by atoms with van der Waals surface area (Å²) in [5, 5.41) is 3.63. The molecule has 2 nitrogen and oxygen atoms in total. The van der Waals surface area contributed by atoms with Crippen LogP contribution in [-0.4, -0.2) is 5.75 Å². The largest absolute Gasteiger partial charge is 0.466 e. The molecule has 0 radical (unpaired) electrons. The van der Waals surface area contributed by atoms with E-state index in [0.717, 1.165) is 29.3 Å². The highest BCUT2D eigenvalue weighted by molar-refractivity contribution is 7.99. The summed E-state index contributed by atoms with van der Waals surface area (Å²) in [4.78, 5) is 1.19. The van der Waals surface area contributed by atoms with Crippen LogP contribution in [0.4, 0.5) is 4.39 Å². The SMILES string of the molecule is Cc1cc(C(C)NC2CCSc3ccc(F)cc32)c(C)o1. The Kier molecular flexibility index (Phi) is 4.09. The molecule has 112 valence electrons. The molecular weight excluding hydrogens is 285 g/mol. The van der Waals surface area contributed by atoms with Crippen LogP contribution in [0.2, 0.25) is 0 Å². The molecule has 3 rings (SSSR count). The molecule has 2 atom stereocenters. The van der Waals surface area contributed by atoms with Gasteiger partial charge in [-0.2, -0.15) is 0 Å². The first-order valence-corrected chi connectivity index (χ1v) is 8.28. The second kappa shape index (κ2) is 5.85. The number of aryl methyl sites for hydroxylation is 2. The zero-order valence-electron chi connectivity index (χ0n) is 12.6. The number of furan rings is 1. The first-order valence-electron chi connectivity index (χ1n) is 7.30. The molecule has 1 aliphatic heterocycles. The van der Waals surface area contributed by atoms with Gasteiger partial charge in [0.05, 0.1) is 0 Å². The van der Waals surface area contributed by atoms with Crippen LogP contribution in [0.15, 0.2) is 33.6 Å². The normalized spacial score (nSPS) is 19.3. The number of hydrogen-bond acceptors (Lipinski definition) is 3. The topological polar surface area (TPSA) is 25.2 Å². The molecule has 0 bridgehead atoms. The Balaban J connectivity index is 1.83. The van der Waals surface area contributed by atoms with Gasteiger partial charge in [-0.1, -0.05) is 0 Å². The molecule has 2 heterocycles. The number of nitrogens with one attached hydrogen (secondary N) is 1. The predicted octanol–water partition coefficient (Wildman–Crippen LogP) is 4.92. The average molecular weight is 305 g/mol. The Bertz CT molecular complexity index is 652. The minimum Gasteiger partial charge on any atom is -0.466 e. The summed E-state index contributed by atoms with van der Waals surface area (Å²) in [6, 6.07) is 7.56. The highest BCUT2D eigenvalue weighted by Crippen LogP contribution is 2.38. The van der Waals surface area contributed by atoms with Crippen molar-refractivity contribution < 1.29 is 8.81 Å². The van der Waals surface area contributed by atoms with Crippen molar-refractivity contribution in [1.82, 2.24) is 5.32 Å². The Morgan fingerprint density at radius 3 is 2.86 bits per heavy atom. The lowest BCUT2D eigenvalue weighted by Crippen LogP contribution is -2.27. The van der Waals surface area contributed by atoms with Crippen LogP contribution >= 0.6 is 11.8 Å². The summed E-state index contributed by atoms with van der Waals surface area (Å²) in [5.41, 5.74) is 2.26. The fourth-order valence-electron chi connectivity index (χ4n) is 3.01. The Morgan fingerprint density at radius 1 is 1.33 bits per heavy atom. The van der Waals surface area contributed by atoms with Crippen molar-refractivity contribution in [2.45, 2.75) is 44.2 Å². The minimum atomic E-state index is -0.161. The van der Waals surface area contributed by atoms with Crippen molar-refractivity contribution >= 4 is 11.8 Å². The van der Waals surface area contributed by atoms with Crippen LogP contribution in [0.3, 0.4) is 0 Å². The number of thioether (sulfide) groups is 1. The molecule has 0 amide bonds. The summed E-state index contributed by atoms with van der Waals surface area (Å²) >= 11 is 1.81. The van der Waals surface area contributed by atoms with E-state index in [9.17, 15) is 4.39 Å². The maximum Gasteiger partial charge on any atom is 0.123 e. The van der Waals surface area contributed by atoms with Crippen LogP contribution in [-0.2, 0) is 0 Å². The van der Waals surface area contributed by atoms with E-state index in [1.165, 1.54) is 10.5 Å². The number of fused-ring (bicyclic) bond motifs is 1. The van der Waals surface area contributed by atoms with E-state index in [1.807, 2.05) is 19.9 Å². The van der Waals surface area contributed by atoms with Gasteiger partial charge < -0.3 is 9.73 Å². The van der Waals surface area contributed by atoms with Gasteiger partial charge in [0.15, 0.2) is 0 Å². The Hall–Kier alpha value is -1.26. The summed E-state index contributed by atoms with van der Waals surface area (Å²) in [6.07, 6.45) is 1.02. The number of rotatable bonds is 3. The van der Waals surface area contributed by atoms with E-state index in [-0.39, 0.29) is 17.9 Å². The zero-order valence-corrected chi connectivity index (χ0v) is 13.4. The van der Waals surface area contributed by atoms with Crippen molar-refractivity contribution in [2.75, 3.05) is 5.75 Å². The van der Waals surface area contributed by atoms with Crippen LogP contribution < -0.4 is 5.32 Å². The molecule has 0 aliphatic carbocycles. The highest BCUT2D eigenvalue weighted by Gasteiger charge is 2.24. The molecule has 1 aromatic carbocycles. The lowest BCUT2D eigenvalue weighted by atomic mass is 10.0. The summed E-state index contributed by atoms with van der Waals surface area (Å²) in [6.45, 7) is 6.09. The summed E-state index contributed by atoms with van der Waals surface area (Å²) in [5.74, 6) is 2.79.